The summed E-state index contributed by atoms with van der Waals surface area (Å²) in [7, 11) is 1.61. The Labute approximate surface area is 141 Å². The molecular weight excluding hydrogens is 304 g/mol. The zero-order valence-corrected chi connectivity index (χ0v) is 13.9. The van der Waals surface area contributed by atoms with Crippen LogP contribution < -0.4 is 20.1 Å². The Morgan fingerprint density at radius 1 is 1.21 bits per heavy atom. The van der Waals surface area contributed by atoms with Crippen molar-refractivity contribution in [3.8, 4) is 11.5 Å². The van der Waals surface area contributed by atoms with Gasteiger partial charge in [-0.1, -0.05) is 12.1 Å². The lowest BCUT2D eigenvalue weighted by molar-refractivity contribution is -0.117. The van der Waals surface area contributed by atoms with E-state index in [0.717, 1.165) is 17.0 Å². The highest BCUT2D eigenvalue weighted by molar-refractivity contribution is 6.10. The lowest BCUT2D eigenvalue weighted by atomic mass is 10.1. The molecule has 1 aliphatic heterocycles. The molecule has 1 aliphatic rings. The molecule has 0 spiro atoms. The van der Waals surface area contributed by atoms with E-state index in [1.807, 2.05) is 44.2 Å². The minimum absolute atomic E-state index is 0.00233. The first-order valence-corrected chi connectivity index (χ1v) is 7.76. The minimum atomic E-state index is -0.176. The van der Waals surface area contributed by atoms with Gasteiger partial charge in [-0.25, -0.2) is 0 Å². The van der Waals surface area contributed by atoms with Gasteiger partial charge in [0.25, 0.3) is 5.91 Å². The van der Waals surface area contributed by atoms with Crippen molar-refractivity contribution in [2.24, 2.45) is 0 Å². The van der Waals surface area contributed by atoms with Crippen LogP contribution in [0.25, 0.3) is 6.08 Å². The standard InChI is InChI=1S/C19H20N2O3/c1-12(2)21-16-8-7-14(20)11-17(16)24-18(19(21)22)10-13-5-4-6-15(9-13)23-3/h4-12H,20H2,1-3H3/b18-10+. The molecule has 0 aromatic heterocycles. The van der Waals surface area contributed by atoms with Crippen molar-refractivity contribution in [3.05, 3.63) is 53.8 Å². The Morgan fingerprint density at radius 3 is 2.71 bits per heavy atom. The second-order valence-corrected chi connectivity index (χ2v) is 5.88. The first-order chi connectivity index (χ1) is 11.5. The molecule has 2 aromatic rings. The second kappa shape index (κ2) is 6.28. The van der Waals surface area contributed by atoms with Gasteiger partial charge in [-0.3, -0.25) is 9.69 Å². The van der Waals surface area contributed by atoms with Crippen LogP contribution in [0, 0.1) is 0 Å². The number of fused-ring (bicyclic) bond motifs is 1. The van der Waals surface area contributed by atoms with E-state index in [1.54, 1.807) is 30.2 Å². The number of anilines is 2. The number of benzene rings is 2. The topological polar surface area (TPSA) is 64.8 Å². The molecule has 5 nitrogen and oxygen atoms in total. The van der Waals surface area contributed by atoms with Crippen molar-refractivity contribution < 1.29 is 14.3 Å². The Morgan fingerprint density at radius 2 is 2.00 bits per heavy atom. The van der Waals surface area contributed by atoms with Crippen molar-refractivity contribution >= 4 is 23.4 Å². The maximum absolute atomic E-state index is 12.8. The van der Waals surface area contributed by atoms with E-state index in [2.05, 4.69) is 0 Å². The Kier molecular flexibility index (Phi) is 4.16. The summed E-state index contributed by atoms with van der Waals surface area (Å²) < 4.78 is 11.1. The highest BCUT2D eigenvalue weighted by atomic mass is 16.5. The Hall–Kier alpha value is -2.95. The largest absolute Gasteiger partial charge is 0.497 e. The van der Waals surface area contributed by atoms with Gasteiger partial charge < -0.3 is 15.2 Å². The molecule has 0 aliphatic carbocycles. The van der Waals surface area contributed by atoms with Crippen LogP contribution in [0.1, 0.15) is 19.4 Å². The maximum Gasteiger partial charge on any atom is 0.294 e. The third kappa shape index (κ3) is 2.93. The number of ether oxygens (including phenoxy) is 2. The average Bonchev–Trinajstić information content (AvgIpc) is 2.55. The number of nitrogens with zero attached hydrogens (tertiary/aromatic N) is 1. The van der Waals surface area contributed by atoms with Crippen molar-refractivity contribution in [2.45, 2.75) is 19.9 Å². The van der Waals surface area contributed by atoms with Crippen LogP contribution >= 0.6 is 0 Å². The quantitative estimate of drug-likeness (QED) is 0.694. The third-order valence-corrected chi connectivity index (χ3v) is 3.80. The first kappa shape index (κ1) is 15.9. The summed E-state index contributed by atoms with van der Waals surface area (Å²) in [6, 6.07) is 12.8. The zero-order valence-electron chi connectivity index (χ0n) is 13.9. The number of carbonyl (C=O) groups is 1. The fourth-order valence-corrected chi connectivity index (χ4v) is 2.69. The number of hydrogen-bond donors (Lipinski definition) is 1. The predicted octanol–water partition coefficient (Wildman–Crippen LogP) is 3.45. The summed E-state index contributed by atoms with van der Waals surface area (Å²) >= 11 is 0. The molecular formula is C19H20N2O3. The molecule has 2 N–H and O–H groups in total. The fourth-order valence-electron chi connectivity index (χ4n) is 2.69. The molecule has 3 rings (SSSR count). The van der Waals surface area contributed by atoms with Gasteiger partial charge in [0.15, 0.2) is 11.5 Å². The normalized spacial score (nSPS) is 15.4. The van der Waals surface area contributed by atoms with Gasteiger partial charge in [0.1, 0.15) is 5.75 Å². The van der Waals surface area contributed by atoms with Gasteiger partial charge in [-0.2, -0.15) is 0 Å². The van der Waals surface area contributed by atoms with Crippen molar-refractivity contribution in [1.82, 2.24) is 0 Å². The number of methoxy groups -OCH3 is 1. The van der Waals surface area contributed by atoms with Crippen LogP contribution in [-0.2, 0) is 4.79 Å². The molecule has 0 bridgehead atoms. The highest BCUT2D eigenvalue weighted by Gasteiger charge is 2.32. The first-order valence-electron chi connectivity index (χ1n) is 7.76. The van der Waals surface area contributed by atoms with Crippen molar-refractivity contribution in [3.63, 3.8) is 0 Å². The number of nitrogen functional groups attached to an aromatic ring is 1. The number of carbonyl (C=O) groups excluding carboxylic acids is 1. The molecule has 5 heteroatoms. The SMILES string of the molecule is COc1cccc(/C=C2/Oc3cc(N)ccc3N(C(C)C)C2=O)c1. The number of hydrogen-bond acceptors (Lipinski definition) is 4. The summed E-state index contributed by atoms with van der Waals surface area (Å²) in [5.74, 6) is 1.38. The summed E-state index contributed by atoms with van der Waals surface area (Å²) in [6.07, 6.45) is 1.71. The second-order valence-electron chi connectivity index (χ2n) is 5.88. The van der Waals surface area contributed by atoms with E-state index >= 15 is 0 Å². The van der Waals surface area contributed by atoms with Crippen LogP contribution in [0.2, 0.25) is 0 Å². The van der Waals surface area contributed by atoms with E-state index in [0.29, 0.717) is 11.4 Å². The zero-order chi connectivity index (χ0) is 17.3. The van der Waals surface area contributed by atoms with E-state index < -0.39 is 0 Å². The maximum atomic E-state index is 12.8. The molecule has 0 saturated heterocycles. The molecule has 0 radical (unpaired) electrons. The Balaban J connectivity index is 2.06. The molecule has 2 aromatic carbocycles. The molecule has 0 fully saturated rings. The summed E-state index contributed by atoms with van der Waals surface area (Å²) in [6.45, 7) is 3.93. The van der Waals surface area contributed by atoms with Crippen LogP contribution in [-0.4, -0.2) is 19.1 Å². The smallest absolute Gasteiger partial charge is 0.294 e. The molecule has 0 atom stereocenters. The van der Waals surface area contributed by atoms with Crippen molar-refractivity contribution in [2.75, 3.05) is 17.7 Å². The van der Waals surface area contributed by atoms with Crippen LogP contribution in [0.3, 0.4) is 0 Å². The molecule has 0 saturated carbocycles. The van der Waals surface area contributed by atoms with Crippen LogP contribution in [0.15, 0.2) is 48.2 Å². The van der Waals surface area contributed by atoms with Gasteiger partial charge in [-0.05, 0) is 49.8 Å². The predicted molar refractivity (Wildman–Crippen MR) is 95.1 cm³/mol. The fraction of sp³-hybridized carbons (Fsp3) is 0.211. The Bertz CT molecular complexity index is 812. The van der Waals surface area contributed by atoms with E-state index in [-0.39, 0.29) is 17.7 Å². The number of amides is 1. The summed E-state index contributed by atoms with van der Waals surface area (Å²) in [5.41, 5.74) is 8.00. The lowest BCUT2D eigenvalue weighted by Gasteiger charge is -2.33. The monoisotopic (exact) mass is 324 g/mol. The molecule has 1 heterocycles. The molecule has 24 heavy (non-hydrogen) atoms. The van der Waals surface area contributed by atoms with Gasteiger partial charge in [0, 0.05) is 17.8 Å². The van der Waals surface area contributed by atoms with Crippen LogP contribution in [0.5, 0.6) is 11.5 Å². The van der Waals surface area contributed by atoms with E-state index in [1.165, 1.54) is 0 Å². The van der Waals surface area contributed by atoms with E-state index in [4.69, 9.17) is 15.2 Å². The lowest BCUT2D eigenvalue weighted by Crippen LogP contribution is -2.42. The molecule has 124 valence electrons. The van der Waals surface area contributed by atoms with E-state index in [9.17, 15) is 4.79 Å². The van der Waals surface area contributed by atoms with Crippen LogP contribution in [0.4, 0.5) is 11.4 Å². The van der Waals surface area contributed by atoms with Crippen molar-refractivity contribution in [1.29, 1.82) is 0 Å². The molecule has 1 amide bonds. The summed E-state index contributed by atoms with van der Waals surface area (Å²) in [5, 5.41) is 0. The highest BCUT2D eigenvalue weighted by Crippen LogP contribution is 2.38. The summed E-state index contributed by atoms with van der Waals surface area (Å²) in [4.78, 5) is 14.6. The van der Waals surface area contributed by atoms with Gasteiger partial charge in [0.2, 0.25) is 0 Å². The van der Waals surface area contributed by atoms with Gasteiger partial charge in [0.05, 0.1) is 12.8 Å². The van der Waals surface area contributed by atoms with Gasteiger partial charge >= 0.3 is 0 Å². The number of nitrogens with two attached hydrogens (primary N) is 1. The number of rotatable bonds is 3. The minimum Gasteiger partial charge on any atom is -0.497 e. The molecule has 0 unspecified atom stereocenters. The third-order valence-electron chi connectivity index (χ3n) is 3.80. The van der Waals surface area contributed by atoms with Gasteiger partial charge in [-0.15, -0.1) is 0 Å². The average molecular weight is 324 g/mol.